The van der Waals surface area contributed by atoms with Gasteiger partial charge < -0.3 is 10.1 Å². The molecule has 2 N–H and O–H groups in total. The average molecular weight is 299 g/mol. The summed E-state index contributed by atoms with van der Waals surface area (Å²) in [6, 6.07) is -0.360. The lowest BCUT2D eigenvalue weighted by Crippen LogP contribution is -2.49. The molecule has 21 heavy (non-hydrogen) atoms. The van der Waals surface area contributed by atoms with Crippen molar-refractivity contribution in [2.75, 3.05) is 20.2 Å². The molecule has 0 aromatic carbocycles. The number of imide groups is 1. The number of nitrogens with one attached hydrogen (secondary N) is 2. The van der Waals surface area contributed by atoms with Gasteiger partial charge in [-0.15, -0.1) is 0 Å². The third-order valence-electron chi connectivity index (χ3n) is 3.42. The van der Waals surface area contributed by atoms with Gasteiger partial charge in [-0.25, -0.2) is 4.79 Å². The highest BCUT2D eigenvalue weighted by atomic mass is 16.5. The van der Waals surface area contributed by atoms with Crippen LogP contribution in [0.2, 0.25) is 0 Å². The molecule has 0 bridgehead atoms. The first-order valence-corrected chi connectivity index (χ1v) is 7.33. The van der Waals surface area contributed by atoms with Crippen LogP contribution >= 0.6 is 0 Å². The highest BCUT2D eigenvalue weighted by Gasteiger charge is 2.26. The van der Waals surface area contributed by atoms with E-state index in [0.717, 1.165) is 25.7 Å². The summed E-state index contributed by atoms with van der Waals surface area (Å²) in [4.78, 5) is 36.6. The van der Waals surface area contributed by atoms with Crippen LogP contribution in [0.4, 0.5) is 4.79 Å². The zero-order valence-corrected chi connectivity index (χ0v) is 13.0. The molecule has 0 aliphatic heterocycles. The fourth-order valence-corrected chi connectivity index (χ4v) is 2.46. The van der Waals surface area contributed by atoms with Crippen LogP contribution in [0.5, 0.6) is 0 Å². The second-order valence-electron chi connectivity index (χ2n) is 5.60. The molecule has 120 valence electrons. The molecule has 0 aromatic rings. The molecule has 0 spiro atoms. The van der Waals surface area contributed by atoms with Gasteiger partial charge in [-0.2, -0.15) is 0 Å². The maximum Gasteiger partial charge on any atom is 0.321 e. The van der Waals surface area contributed by atoms with E-state index < -0.39 is 11.9 Å². The number of hydrogen-bond donors (Lipinski definition) is 2. The van der Waals surface area contributed by atoms with Crippen molar-refractivity contribution in [3.05, 3.63) is 0 Å². The lowest BCUT2D eigenvalue weighted by atomic mass is 10.2. The molecule has 0 saturated heterocycles. The first-order chi connectivity index (χ1) is 9.92. The number of ether oxygens (including phenoxy) is 1. The molecule has 1 aliphatic carbocycles. The number of urea groups is 1. The molecule has 7 heteroatoms. The van der Waals surface area contributed by atoms with Crippen LogP contribution in [0.3, 0.4) is 0 Å². The molecule has 7 nitrogen and oxygen atoms in total. The van der Waals surface area contributed by atoms with E-state index in [1.165, 1.54) is 7.11 Å². The summed E-state index contributed by atoms with van der Waals surface area (Å²) in [5.41, 5.74) is 0. The van der Waals surface area contributed by atoms with Gasteiger partial charge in [0.25, 0.3) is 0 Å². The van der Waals surface area contributed by atoms with Gasteiger partial charge in [-0.05, 0) is 26.7 Å². The van der Waals surface area contributed by atoms with Crippen LogP contribution < -0.4 is 10.6 Å². The smallest absolute Gasteiger partial charge is 0.321 e. The van der Waals surface area contributed by atoms with Crippen molar-refractivity contribution in [3.8, 4) is 0 Å². The van der Waals surface area contributed by atoms with Gasteiger partial charge in [0.15, 0.2) is 0 Å². The normalized spacial score (nSPS) is 15.3. The van der Waals surface area contributed by atoms with Gasteiger partial charge in [0.2, 0.25) is 5.91 Å². The van der Waals surface area contributed by atoms with Crippen molar-refractivity contribution in [3.63, 3.8) is 0 Å². The maximum atomic E-state index is 11.9. The summed E-state index contributed by atoms with van der Waals surface area (Å²) in [6.45, 7) is 3.71. The average Bonchev–Trinajstić information content (AvgIpc) is 2.90. The Bertz CT molecular complexity index is 378. The molecule has 3 amide bonds. The predicted octanol–water partition coefficient (Wildman–Crippen LogP) is 0.638. The van der Waals surface area contributed by atoms with Crippen molar-refractivity contribution in [1.82, 2.24) is 15.5 Å². The predicted molar refractivity (Wildman–Crippen MR) is 77.7 cm³/mol. The van der Waals surface area contributed by atoms with Crippen molar-refractivity contribution in [1.29, 1.82) is 0 Å². The Kier molecular flexibility index (Phi) is 7.14. The Hall–Kier alpha value is -1.63. The number of carbonyl (C=O) groups excluding carboxylic acids is 3. The summed E-state index contributed by atoms with van der Waals surface area (Å²) in [7, 11) is 1.32. The number of nitrogens with zero attached hydrogens (tertiary/aromatic N) is 1. The van der Waals surface area contributed by atoms with E-state index in [2.05, 4.69) is 15.4 Å². The number of amides is 3. The molecule has 0 radical (unpaired) electrons. The summed E-state index contributed by atoms with van der Waals surface area (Å²) < 4.78 is 4.66. The van der Waals surface area contributed by atoms with E-state index in [1.807, 2.05) is 13.8 Å². The minimum absolute atomic E-state index is 0.0191. The molecule has 1 aliphatic rings. The van der Waals surface area contributed by atoms with E-state index in [4.69, 9.17) is 0 Å². The Balaban J connectivity index is 2.52. The van der Waals surface area contributed by atoms with Crippen LogP contribution in [0.15, 0.2) is 0 Å². The first kappa shape index (κ1) is 17.4. The Morgan fingerprint density at radius 2 is 1.81 bits per heavy atom. The minimum Gasteiger partial charge on any atom is -0.468 e. The zero-order chi connectivity index (χ0) is 15.8. The van der Waals surface area contributed by atoms with E-state index in [9.17, 15) is 14.4 Å². The highest BCUT2D eigenvalue weighted by molar-refractivity contribution is 5.95. The maximum absolute atomic E-state index is 11.9. The molecule has 0 heterocycles. The fraction of sp³-hybridized carbons (Fsp3) is 0.786. The van der Waals surface area contributed by atoms with Gasteiger partial charge in [0.05, 0.1) is 20.2 Å². The van der Waals surface area contributed by atoms with Gasteiger partial charge in [-0.1, -0.05) is 12.8 Å². The largest absolute Gasteiger partial charge is 0.468 e. The quantitative estimate of drug-likeness (QED) is 0.703. The number of carbonyl (C=O) groups is 3. The van der Waals surface area contributed by atoms with Crippen LogP contribution in [-0.2, 0) is 14.3 Å². The van der Waals surface area contributed by atoms with Gasteiger partial charge in [-0.3, -0.25) is 19.8 Å². The third kappa shape index (κ3) is 6.57. The monoisotopic (exact) mass is 299 g/mol. The molecule has 1 rings (SSSR count). The van der Waals surface area contributed by atoms with Gasteiger partial charge in [0.1, 0.15) is 0 Å². The highest BCUT2D eigenvalue weighted by Crippen LogP contribution is 2.23. The van der Waals surface area contributed by atoms with Gasteiger partial charge >= 0.3 is 12.0 Å². The topological polar surface area (TPSA) is 87.7 Å². The molecule has 1 fully saturated rings. The number of hydrogen-bond acceptors (Lipinski definition) is 5. The second-order valence-corrected chi connectivity index (χ2v) is 5.60. The minimum atomic E-state index is -0.514. The van der Waals surface area contributed by atoms with Crippen LogP contribution in [0.1, 0.15) is 39.5 Å². The van der Waals surface area contributed by atoms with Crippen molar-refractivity contribution < 1.29 is 19.1 Å². The van der Waals surface area contributed by atoms with Crippen molar-refractivity contribution in [2.24, 2.45) is 0 Å². The molecule has 0 aromatic heterocycles. The van der Waals surface area contributed by atoms with E-state index in [-0.39, 0.29) is 31.1 Å². The number of esters is 1. The van der Waals surface area contributed by atoms with Crippen molar-refractivity contribution in [2.45, 2.75) is 51.6 Å². The summed E-state index contributed by atoms with van der Waals surface area (Å²) in [5, 5.41) is 4.86. The molecular weight excluding hydrogens is 274 g/mol. The SMILES string of the molecule is COC(=O)CN(CC(=O)NC(=O)NC(C)C)C1CCCC1. The number of rotatable bonds is 6. The molecule has 1 saturated carbocycles. The van der Waals surface area contributed by atoms with E-state index >= 15 is 0 Å². The van der Waals surface area contributed by atoms with Crippen molar-refractivity contribution >= 4 is 17.9 Å². The van der Waals surface area contributed by atoms with Crippen LogP contribution in [-0.4, -0.2) is 55.1 Å². The summed E-state index contributed by atoms with van der Waals surface area (Å²) >= 11 is 0. The second kappa shape index (κ2) is 8.61. The first-order valence-electron chi connectivity index (χ1n) is 7.33. The lowest BCUT2D eigenvalue weighted by molar-refractivity contribution is -0.142. The molecule has 0 unspecified atom stereocenters. The Morgan fingerprint density at radius 1 is 1.19 bits per heavy atom. The number of methoxy groups -OCH3 is 1. The Morgan fingerprint density at radius 3 is 2.33 bits per heavy atom. The summed E-state index contributed by atoms with van der Waals surface area (Å²) in [6.07, 6.45) is 4.11. The third-order valence-corrected chi connectivity index (χ3v) is 3.42. The van der Waals surface area contributed by atoms with Crippen LogP contribution in [0, 0.1) is 0 Å². The molecular formula is C14H25N3O4. The summed E-state index contributed by atoms with van der Waals surface area (Å²) in [5.74, 6) is -0.787. The van der Waals surface area contributed by atoms with E-state index in [1.54, 1.807) is 4.90 Å². The molecule has 0 atom stereocenters. The van der Waals surface area contributed by atoms with Crippen LogP contribution in [0.25, 0.3) is 0 Å². The van der Waals surface area contributed by atoms with Gasteiger partial charge in [0, 0.05) is 12.1 Å². The zero-order valence-electron chi connectivity index (χ0n) is 13.0. The fourth-order valence-electron chi connectivity index (χ4n) is 2.46. The lowest BCUT2D eigenvalue weighted by Gasteiger charge is -2.26. The standard InChI is InChI=1S/C14H25N3O4/c1-10(2)15-14(20)16-12(18)8-17(9-13(19)21-3)11-6-4-5-7-11/h10-11H,4-9H2,1-3H3,(H2,15,16,18,20). The van der Waals surface area contributed by atoms with E-state index in [0.29, 0.717) is 0 Å². The Labute approximate surface area is 125 Å².